The number of rotatable bonds is 2. The predicted molar refractivity (Wildman–Crippen MR) is 51.8 cm³/mol. The summed E-state index contributed by atoms with van der Waals surface area (Å²) in [6, 6.07) is 0. The maximum atomic E-state index is 5.88. The average Bonchev–Trinajstić information content (AvgIpc) is 2.05. The summed E-state index contributed by atoms with van der Waals surface area (Å²) in [6.07, 6.45) is 12.8. The number of hydrogen-bond donors (Lipinski definition) is 1. The summed E-state index contributed by atoms with van der Waals surface area (Å²) in [5.41, 5.74) is 6.44. The second-order valence-corrected chi connectivity index (χ2v) is 4.40. The second kappa shape index (κ2) is 3.21. The highest BCUT2D eigenvalue weighted by molar-refractivity contribution is 5.01. The Kier molecular flexibility index (Phi) is 2.22. The molecule has 1 fully saturated rings. The van der Waals surface area contributed by atoms with Gasteiger partial charge in [0.2, 0.25) is 0 Å². The zero-order valence-corrected chi connectivity index (χ0v) is 7.76. The van der Waals surface area contributed by atoms with Crippen LogP contribution in [0.25, 0.3) is 0 Å². The second-order valence-electron chi connectivity index (χ2n) is 4.40. The molecule has 0 heterocycles. The van der Waals surface area contributed by atoms with Crippen LogP contribution in [0, 0.1) is 11.3 Å². The van der Waals surface area contributed by atoms with E-state index in [0.717, 1.165) is 12.5 Å². The monoisotopic (exact) mass is 165 g/mol. The van der Waals surface area contributed by atoms with Gasteiger partial charge in [-0.25, -0.2) is 0 Å². The van der Waals surface area contributed by atoms with Crippen molar-refractivity contribution >= 4 is 0 Å². The van der Waals surface area contributed by atoms with Crippen molar-refractivity contribution in [2.24, 2.45) is 17.1 Å². The fourth-order valence-electron chi connectivity index (χ4n) is 2.76. The maximum Gasteiger partial charge on any atom is -0.00178 e. The molecular weight excluding hydrogens is 146 g/mol. The molecule has 0 spiro atoms. The van der Waals surface area contributed by atoms with E-state index in [9.17, 15) is 0 Å². The Labute approximate surface area is 75.0 Å². The Hall–Kier alpha value is -0.300. The van der Waals surface area contributed by atoms with Crippen LogP contribution in [0.2, 0.25) is 0 Å². The highest BCUT2D eigenvalue weighted by Crippen LogP contribution is 2.50. The van der Waals surface area contributed by atoms with Crippen LogP contribution in [0.4, 0.5) is 0 Å². The Morgan fingerprint density at radius 1 is 1.33 bits per heavy atom. The van der Waals surface area contributed by atoms with Crippen LogP contribution in [-0.4, -0.2) is 6.54 Å². The lowest BCUT2D eigenvalue weighted by molar-refractivity contribution is 0.0527. The largest absolute Gasteiger partial charge is 0.330 e. The summed E-state index contributed by atoms with van der Waals surface area (Å²) in [5, 5.41) is 0. The highest BCUT2D eigenvalue weighted by Gasteiger charge is 2.41. The first-order valence-corrected chi connectivity index (χ1v) is 5.22. The Balaban J connectivity index is 2.01. The van der Waals surface area contributed by atoms with Crippen LogP contribution in [0.3, 0.4) is 0 Å². The molecule has 68 valence electrons. The normalized spacial score (nSPS) is 32.9. The van der Waals surface area contributed by atoms with Gasteiger partial charge < -0.3 is 5.73 Å². The van der Waals surface area contributed by atoms with Crippen molar-refractivity contribution in [2.75, 3.05) is 6.54 Å². The lowest BCUT2D eigenvalue weighted by Crippen LogP contribution is -2.44. The van der Waals surface area contributed by atoms with Crippen molar-refractivity contribution in [2.45, 2.75) is 38.5 Å². The molecule has 0 saturated heterocycles. The van der Waals surface area contributed by atoms with Crippen LogP contribution in [0.5, 0.6) is 0 Å². The summed E-state index contributed by atoms with van der Waals surface area (Å²) < 4.78 is 0. The minimum absolute atomic E-state index is 0.560. The molecule has 0 radical (unpaired) electrons. The number of nitrogens with two attached hydrogens (primary N) is 1. The van der Waals surface area contributed by atoms with Crippen molar-refractivity contribution in [3.63, 3.8) is 0 Å². The van der Waals surface area contributed by atoms with Crippen LogP contribution in [-0.2, 0) is 0 Å². The molecule has 1 unspecified atom stereocenters. The third-order valence-electron chi connectivity index (χ3n) is 3.89. The molecule has 1 heteroatoms. The van der Waals surface area contributed by atoms with Crippen LogP contribution < -0.4 is 5.73 Å². The van der Waals surface area contributed by atoms with Gasteiger partial charge in [0, 0.05) is 0 Å². The van der Waals surface area contributed by atoms with Crippen LogP contribution >= 0.6 is 0 Å². The Morgan fingerprint density at radius 3 is 2.58 bits per heavy atom. The topological polar surface area (TPSA) is 26.0 Å². The van der Waals surface area contributed by atoms with Gasteiger partial charge in [0.25, 0.3) is 0 Å². The Bertz CT molecular complexity index is 174. The molecule has 2 aliphatic rings. The van der Waals surface area contributed by atoms with E-state index in [-0.39, 0.29) is 0 Å². The molecule has 0 aromatic rings. The van der Waals surface area contributed by atoms with Gasteiger partial charge in [-0.2, -0.15) is 0 Å². The fourth-order valence-corrected chi connectivity index (χ4v) is 2.76. The molecule has 2 rings (SSSR count). The van der Waals surface area contributed by atoms with Crippen molar-refractivity contribution in [1.29, 1.82) is 0 Å². The predicted octanol–water partition coefficient (Wildman–Crippen LogP) is 2.47. The third-order valence-corrected chi connectivity index (χ3v) is 3.89. The molecule has 0 aromatic heterocycles. The van der Waals surface area contributed by atoms with E-state index in [1.165, 1.54) is 38.5 Å². The van der Waals surface area contributed by atoms with E-state index >= 15 is 0 Å². The zero-order valence-electron chi connectivity index (χ0n) is 7.76. The molecule has 0 amide bonds. The smallest absolute Gasteiger partial charge is 0.00178 e. The molecular formula is C11H19N. The average molecular weight is 165 g/mol. The molecule has 0 aliphatic heterocycles. The summed E-state index contributed by atoms with van der Waals surface area (Å²) in [7, 11) is 0. The van der Waals surface area contributed by atoms with Gasteiger partial charge >= 0.3 is 0 Å². The van der Waals surface area contributed by atoms with Crippen LogP contribution in [0.1, 0.15) is 38.5 Å². The first-order valence-electron chi connectivity index (χ1n) is 5.22. The molecule has 12 heavy (non-hydrogen) atoms. The van der Waals surface area contributed by atoms with Gasteiger partial charge in [0.1, 0.15) is 0 Å². The van der Waals surface area contributed by atoms with Gasteiger partial charge in [0.05, 0.1) is 0 Å². The number of allylic oxidation sites excluding steroid dienone is 2. The summed E-state index contributed by atoms with van der Waals surface area (Å²) >= 11 is 0. The van der Waals surface area contributed by atoms with Crippen molar-refractivity contribution in [1.82, 2.24) is 0 Å². The van der Waals surface area contributed by atoms with E-state index < -0.39 is 0 Å². The maximum absolute atomic E-state index is 5.88. The standard InChI is InChI=1S/C11H19N/c12-9-11(7-4-8-11)10-5-2-1-3-6-10/h1-2,10H,3-9,12H2. The molecule has 1 saturated carbocycles. The highest BCUT2D eigenvalue weighted by atomic mass is 14.6. The van der Waals surface area contributed by atoms with Gasteiger partial charge in [-0.1, -0.05) is 18.6 Å². The van der Waals surface area contributed by atoms with Crippen molar-refractivity contribution < 1.29 is 0 Å². The zero-order chi connectivity index (χ0) is 8.44. The Morgan fingerprint density at radius 2 is 2.17 bits per heavy atom. The molecule has 1 atom stereocenters. The third kappa shape index (κ3) is 1.20. The summed E-state index contributed by atoms with van der Waals surface area (Å²) in [4.78, 5) is 0. The minimum Gasteiger partial charge on any atom is -0.330 e. The SMILES string of the molecule is NCC1(C2CC=CCC2)CCC1. The molecule has 2 N–H and O–H groups in total. The van der Waals surface area contributed by atoms with E-state index in [2.05, 4.69) is 12.2 Å². The molecule has 2 aliphatic carbocycles. The van der Waals surface area contributed by atoms with Gasteiger partial charge in [0.15, 0.2) is 0 Å². The fraction of sp³-hybridized carbons (Fsp3) is 0.818. The van der Waals surface area contributed by atoms with Gasteiger partial charge in [-0.05, 0) is 50.0 Å². The first kappa shape index (κ1) is 8.31. The summed E-state index contributed by atoms with van der Waals surface area (Å²) in [5.74, 6) is 0.904. The van der Waals surface area contributed by atoms with E-state index in [0.29, 0.717) is 5.41 Å². The van der Waals surface area contributed by atoms with Gasteiger partial charge in [-0.15, -0.1) is 0 Å². The molecule has 0 aromatic carbocycles. The van der Waals surface area contributed by atoms with Gasteiger partial charge in [-0.3, -0.25) is 0 Å². The van der Waals surface area contributed by atoms with Crippen molar-refractivity contribution in [3.05, 3.63) is 12.2 Å². The van der Waals surface area contributed by atoms with Crippen LogP contribution in [0.15, 0.2) is 12.2 Å². The number of hydrogen-bond acceptors (Lipinski definition) is 1. The minimum atomic E-state index is 0.560. The molecule has 0 bridgehead atoms. The lowest BCUT2D eigenvalue weighted by Gasteiger charge is -2.48. The van der Waals surface area contributed by atoms with Crippen molar-refractivity contribution in [3.8, 4) is 0 Å². The lowest BCUT2D eigenvalue weighted by atomic mass is 9.58. The van der Waals surface area contributed by atoms with E-state index in [1.807, 2.05) is 0 Å². The molecule has 1 nitrogen and oxygen atoms in total. The first-order chi connectivity index (χ1) is 5.87. The van der Waals surface area contributed by atoms with E-state index in [1.54, 1.807) is 0 Å². The van der Waals surface area contributed by atoms with E-state index in [4.69, 9.17) is 5.73 Å². The summed E-state index contributed by atoms with van der Waals surface area (Å²) in [6.45, 7) is 0.922. The quantitative estimate of drug-likeness (QED) is 0.625.